The van der Waals surface area contributed by atoms with E-state index in [9.17, 15) is 10.1 Å². The third-order valence-electron chi connectivity index (χ3n) is 2.23. The normalized spacial score (nSPS) is 10.6. The lowest BCUT2D eigenvalue weighted by molar-refractivity contribution is -0.426. The van der Waals surface area contributed by atoms with Crippen molar-refractivity contribution < 1.29 is 4.92 Å². The highest BCUT2D eigenvalue weighted by Gasteiger charge is 2.13. The van der Waals surface area contributed by atoms with Crippen molar-refractivity contribution >= 4 is 22.5 Å². The molecule has 0 unspecified atom stereocenters. The molecule has 1 aromatic carbocycles. The molecule has 0 aliphatic carbocycles. The number of benzene rings is 1. The van der Waals surface area contributed by atoms with Crippen molar-refractivity contribution in [1.29, 1.82) is 0 Å². The Hall–Kier alpha value is -1.88. The number of fused-ring (bicyclic) bond motifs is 1. The van der Waals surface area contributed by atoms with Crippen molar-refractivity contribution in [3.63, 3.8) is 0 Å². The summed E-state index contributed by atoms with van der Waals surface area (Å²) in [5, 5.41) is 18.6. The zero-order chi connectivity index (χ0) is 11.7. The van der Waals surface area contributed by atoms with E-state index in [-0.39, 0.29) is 12.1 Å². The van der Waals surface area contributed by atoms with E-state index >= 15 is 0 Å². The van der Waals surface area contributed by atoms with E-state index in [1.165, 1.54) is 0 Å². The van der Waals surface area contributed by atoms with E-state index in [1.54, 1.807) is 18.2 Å². The Morgan fingerprint density at radius 1 is 1.62 bits per heavy atom. The summed E-state index contributed by atoms with van der Waals surface area (Å²) >= 11 is 5.85. The molecule has 0 spiro atoms. The lowest BCUT2D eigenvalue weighted by atomic mass is 10.1. The molecule has 0 aliphatic rings. The molecule has 5 nitrogen and oxygen atoms in total. The zero-order valence-electron chi connectivity index (χ0n) is 8.24. The van der Waals surface area contributed by atoms with Gasteiger partial charge in [0.15, 0.2) is 0 Å². The second kappa shape index (κ2) is 3.94. The van der Waals surface area contributed by atoms with Crippen LogP contribution in [0, 0.1) is 10.1 Å². The average Bonchev–Trinajstić information content (AvgIpc) is 2.61. The van der Waals surface area contributed by atoms with Gasteiger partial charge in [-0.3, -0.25) is 15.2 Å². The zero-order valence-corrected chi connectivity index (χ0v) is 8.99. The van der Waals surface area contributed by atoms with Gasteiger partial charge < -0.3 is 0 Å². The third-order valence-corrected chi connectivity index (χ3v) is 2.47. The standard InChI is InChI=1S/C10H8ClN3O2/c1-6(14(15)16)4-10-8-5-7(11)2-3-9(8)12-13-10/h2-3,5H,1,4H2,(H,12,13). The van der Waals surface area contributed by atoms with Crippen molar-refractivity contribution in [2.45, 2.75) is 6.42 Å². The second-order valence-corrected chi connectivity index (χ2v) is 3.80. The summed E-state index contributed by atoms with van der Waals surface area (Å²) in [7, 11) is 0. The summed E-state index contributed by atoms with van der Waals surface area (Å²) in [5.74, 6) is 0. The van der Waals surface area contributed by atoms with Gasteiger partial charge >= 0.3 is 0 Å². The molecular formula is C10H8ClN3O2. The van der Waals surface area contributed by atoms with E-state index in [0.29, 0.717) is 10.7 Å². The van der Waals surface area contributed by atoms with Crippen LogP contribution in [0.5, 0.6) is 0 Å². The molecule has 0 saturated carbocycles. The molecular weight excluding hydrogens is 230 g/mol. The number of aromatic amines is 1. The molecule has 0 amide bonds. The van der Waals surface area contributed by atoms with Crippen LogP contribution in [0.1, 0.15) is 5.69 Å². The molecule has 0 bridgehead atoms. The Morgan fingerprint density at radius 2 is 2.38 bits per heavy atom. The van der Waals surface area contributed by atoms with Gasteiger partial charge in [0.05, 0.1) is 22.6 Å². The van der Waals surface area contributed by atoms with Gasteiger partial charge in [-0.15, -0.1) is 0 Å². The smallest absolute Gasteiger partial charge is 0.245 e. The second-order valence-electron chi connectivity index (χ2n) is 3.36. The molecule has 1 N–H and O–H groups in total. The molecule has 1 heterocycles. The SMILES string of the molecule is C=C(Cc1n[nH]c2ccc(Cl)cc12)[N+](=O)[O-]. The van der Waals surface area contributed by atoms with Crippen LogP contribution >= 0.6 is 11.6 Å². The minimum absolute atomic E-state index is 0.0895. The van der Waals surface area contributed by atoms with Crippen molar-refractivity contribution in [2.24, 2.45) is 0 Å². The minimum atomic E-state index is -0.509. The number of allylic oxidation sites excluding steroid dienone is 1. The summed E-state index contributed by atoms with van der Waals surface area (Å²) in [6.45, 7) is 3.37. The first-order chi connectivity index (χ1) is 7.58. The fraction of sp³-hybridized carbons (Fsp3) is 0.100. The van der Waals surface area contributed by atoms with Gasteiger partial charge in [-0.05, 0) is 24.8 Å². The summed E-state index contributed by atoms with van der Waals surface area (Å²) in [6, 6.07) is 5.24. The Morgan fingerprint density at radius 3 is 3.06 bits per heavy atom. The highest BCUT2D eigenvalue weighted by atomic mass is 35.5. The van der Waals surface area contributed by atoms with Crippen LogP contribution < -0.4 is 0 Å². The van der Waals surface area contributed by atoms with Crippen molar-refractivity contribution in [2.75, 3.05) is 0 Å². The van der Waals surface area contributed by atoms with Gasteiger partial charge in [0, 0.05) is 10.4 Å². The largest absolute Gasteiger partial charge is 0.278 e. The summed E-state index contributed by atoms with van der Waals surface area (Å²) in [6.07, 6.45) is 0.105. The van der Waals surface area contributed by atoms with E-state index in [0.717, 1.165) is 10.9 Å². The van der Waals surface area contributed by atoms with Gasteiger partial charge in [-0.25, -0.2) is 0 Å². The van der Waals surface area contributed by atoms with Gasteiger partial charge in [0.25, 0.3) is 0 Å². The predicted octanol–water partition coefficient (Wildman–Crippen LogP) is 2.55. The quantitative estimate of drug-likeness (QED) is 0.659. The van der Waals surface area contributed by atoms with Gasteiger partial charge in [-0.2, -0.15) is 5.10 Å². The highest BCUT2D eigenvalue weighted by Crippen LogP contribution is 2.22. The van der Waals surface area contributed by atoms with Crippen LogP contribution in [0.4, 0.5) is 0 Å². The van der Waals surface area contributed by atoms with E-state index in [4.69, 9.17) is 11.6 Å². The lowest BCUT2D eigenvalue weighted by Crippen LogP contribution is -2.01. The number of hydrogen-bond donors (Lipinski definition) is 1. The van der Waals surface area contributed by atoms with Crippen LogP contribution in [-0.4, -0.2) is 15.1 Å². The number of H-pyrrole nitrogens is 1. The molecule has 0 aliphatic heterocycles. The van der Waals surface area contributed by atoms with Crippen LogP contribution in [0.25, 0.3) is 10.9 Å². The number of nitro groups is 1. The minimum Gasteiger partial charge on any atom is -0.278 e. The third kappa shape index (κ3) is 1.90. The van der Waals surface area contributed by atoms with E-state index in [2.05, 4.69) is 16.8 Å². The number of nitrogens with zero attached hydrogens (tertiary/aromatic N) is 2. The summed E-state index contributed by atoms with van der Waals surface area (Å²) in [5.41, 5.74) is 1.29. The Balaban J connectivity index is 2.41. The Kier molecular flexibility index (Phi) is 2.62. The number of halogens is 1. The molecule has 2 aromatic rings. The van der Waals surface area contributed by atoms with Gasteiger partial charge in [0.1, 0.15) is 0 Å². The first kappa shape index (κ1) is 10.6. The Bertz CT molecular complexity index is 576. The van der Waals surface area contributed by atoms with E-state index in [1.807, 2.05) is 0 Å². The molecule has 16 heavy (non-hydrogen) atoms. The molecule has 1 aromatic heterocycles. The number of rotatable bonds is 3. The fourth-order valence-corrected chi connectivity index (χ4v) is 1.61. The molecule has 0 fully saturated rings. The fourth-order valence-electron chi connectivity index (χ4n) is 1.43. The van der Waals surface area contributed by atoms with Crippen LogP contribution in [0.2, 0.25) is 5.02 Å². The maximum Gasteiger partial charge on any atom is 0.245 e. The molecule has 6 heteroatoms. The van der Waals surface area contributed by atoms with Crippen molar-refractivity contribution in [3.8, 4) is 0 Å². The predicted molar refractivity (Wildman–Crippen MR) is 60.9 cm³/mol. The molecule has 82 valence electrons. The van der Waals surface area contributed by atoms with Crippen LogP contribution in [0.15, 0.2) is 30.5 Å². The molecule has 0 radical (unpaired) electrons. The van der Waals surface area contributed by atoms with Crippen molar-refractivity contribution in [1.82, 2.24) is 10.2 Å². The van der Waals surface area contributed by atoms with Crippen LogP contribution in [0.3, 0.4) is 0 Å². The Labute approximate surface area is 95.9 Å². The number of nitrogens with one attached hydrogen (secondary N) is 1. The maximum absolute atomic E-state index is 10.5. The van der Waals surface area contributed by atoms with E-state index < -0.39 is 4.92 Å². The maximum atomic E-state index is 10.5. The summed E-state index contributed by atoms with van der Waals surface area (Å²) in [4.78, 5) is 9.96. The molecule has 2 rings (SSSR count). The van der Waals surface area contributed by atoms with Gasteiger partial charge in [-0.1, -0.05) is 11.6 Å². The number of aromatic nitrogens is 2. The molecule has 0 saturated heterocycles. The topological polar surface area (TPSA) is 71.8 Å². The summed E-state index contributed by atoms with van der Waals surface area (Å²) < 4.78 is 0. The lowest BCUT2D eigenvalue weighted by Gasteiger charge is -1.95. The highest BCUT2D eigenvalue weighted by molar-refractivity contribution is 6.31. The number of hydrogen-bond acceptors (Lipinski definition) is 3. The first-order valence-electron chi connectivity index (χ1n) is 4.52. The van der Waals surface area contributed by atoms with Gasteiger partial charge in [0.2, 0.25) is 5.70 Å². The van der Waals surface area contributed by atoms with Crippen LogP contribution in [-0.2, 0) is 6.42 Å². The monoisotopic (exact) mass is 237 g/mol. The molecule has 0 atom stereocenters. The van der Waals surface area contributed by atoms with Crippen molar-refractivity contribution in [3.05, 3.63) is 51.3 Å². The first-order valence-corrected chi connectivity index (χ1v) is 4.90. The average molecular weight is 238 g/mol.